The van der Waals surface area contributed by atoms with Crippen molar-refractivity contribution in [1.82, 2.24) is 14.3 Å². The Morgan fingerprint density at radius 3 is 2.76 bits per heavy atom. The largest absolute Gasteiger partial charge is 0.452 e. The summed E-state index contributed by atoms with van der Waals surface area (Å²) in [5.41, 5.74) is 0. The molecule has 0 amide bonds. The standard InChI is InChI=1S/C8H7F3N4OS/c1-4-2-12-5(16-4)3-13-7-14-6(15-17-7)8(9,10)11/h2H,3H2,1H3,(H,13,14,15). The van der Waals surface area contributed by atoms with Crippen molar-refractivity contribution in [2.24, 2.45) is 0 Å². The zero-order chi connectivity index (χ0) is 12.5. The quantitative estimate of drug-likeness (QED) is 0.922. The van der Waals surface area contributed by atoms with Gasteiger partial charge >= 0.3 is 6.18 Å². The number of anilines is 1. The van der Waals surface area contributed by atoms with Gasteiger partial charge < -0.3 is 9.73 Å². The fourth-order valence-electron chi connectivity index (χ4n) is 1.04. The van der Waals surface area contributed by atoms with Gasteiger partial charge in [-0.1, -0.05) is 0 Å². The van der Waals surface area contributed by atoms with Gasteiger partial charge in [-0.2, -0.15) is 22.5 Å². The maximum absolute atomic E-state index is 12.2. The van der Waals surface area contributed by atoms with Crippen LogP contribution in [0.4, 0.5) is 18.3 Å². The Hall–Kier alpha value is -1.64. The van der Waals surface area contributed by atoms with E-state index in [-0.39, 0.29) is 11.7 Å². The molecular formula is C8H7F3N4OS. The average Bonchev–Trinajstić information content (AvgIpc) is 2.82. The third-order valence-electron chi connectivity index (χ3n) is 1.74. The van der Waals surface area contributed by atoms with Gasteiger partial charge in [-0.05, 0) is 6.92 Å². The highest BCUT2D eigenvalue weighted by atomic mass is 32.1. The molecule has 2 aromatic heterocycles. The van der Waals surface area contributed by atoms with Crippen LogP contribution >= 0.6 is 11.5 Å². The van der Waals surface area contributed by atoms with Crippen LogP contribution in [0, 0.1) is 6.92 Å². The molecule has 2 aromatic rings. The van der Waals surface area contributed by atoms with Gasteiger partial charge in [0.25, 0.3) is 0 Å². The molecule has 17 heavy (non-hydrogen) atoms. The highest BCUT2D eigenvalue weighted by molar-refractivity contribution is 7.09. The van der Waals surface area contributed by atoms with E-state index in [1.54, 1.807) is 6.92 Å². The van der Waals surface area contributed by atoms with Gasteiger partial charge in [0.2, 0.25) is 16.8 Å². The number of oxazole rings is 1. The van der Waals surface area contributed by atoms with E-state index in [2.05, 4.69) is 19.7 Å². The third kappa shape index (κ3) is 2.93. The van der Waals surface area contributed by atoms with Crippen LogP contribution in [0.5, 0.6) is 0 Å². The molecule has 92 valence electrons. The molecule has 0 fully saturated rings. The van der Waals surface area contributed by atoms with E-state index in [4.69, 9.17) is 4.42 Å². The summed E-state index contributed by atoms with van der Waals surface area (Å²) in [6.07, 6.45) is -2.99. The third-order valence-corrected chi connectivity index (χ3v) is 2.41. The summed E-state index contributed by atoms with van der Waals surface area (Å²) in [5.74, 6) is -0.130. The van der Waals surface area contributed by atoms with E-state index in [1.165, 1.54) is 6.20 Å². The van der Waals surface area contributed by atoms with Crippen molar-refractivity contribution in [3.05, 3.63) is 23.7 Å². The van der Waals surface area contributed by atoms with Crippen molar-refractivity contribution < 1.29 is 17.6 Å². The molecule has 0 radical (unpaired) electrons. The zero-order valence-corrected chi connectivity index (χ0v) is 9.39. The van der Waals surface area contributed by atoms with Crippen LogP contribution in [0.1, 0.15) is 17.5 Å². The predicted octanol–water partition coefficient (Wildman–Crippen LogP) is 2.47. The van der Waals surface area contributed by atoms with Gasteiger partial charge in [0.05, 0.1) is 12.7 Å². The van der Waals surface area contributed by atoms with Crippen LogP contribution in [0.25, 0.3) is 0 Å². The molecule has 9 heteroatoms. The SMILES string of the molecule is Cc1cnc(CNc2nc(C(F)(F)F)ns2)o1. The van der Waals surface area contributed by atoms with E-state index in [1.807, 2.05) is 0 Å². The molecule has 0 bridgehead atoms. The Labute approximate surface area is 97.9 Å². The fourth-order valence-corrected chi connectivity index (χ4v) is 1.63. The molecule has 1 N–H and O–H groups in total. The number of aromatic nitrogens is 3. The van der Waals surface area contributed by atoms with Crippen molar-refractivity contribution in [2.75, 3.05) is 5.32 Å². The first kappa shape index (κ1) is 11.8. The minimum absolute atomic E-state index is 0.0770. The molecule has 0 aliphatic heterocycles. The number of nitrogens with one attached hydrogen (secondary N) is 1. The second-order valence-electron chi connectivity index (χ2n) is 3.14. The monoisotopic (exact) mass is 264 g/mol. The average molecular weight is 264 g/mol. The summed E-state index contributed by atoms with van der Waals surface area (Å²) in [5, 5.41) is 2.73. The molecule has 0 atom stereocenters. The Kier molecular flexibility index (Phi) is 3.01. The summed E-state index contributed by atoms with van der Waals surface area (Å²) in [6, 6.07) is 0. The fraction of sp³-hybridized carbons (Fsp3) is 0.375. The van der Waals surface area contributed by atoms with E-state index in [0.29, 0.717) is 23.2 Å². The normalized spacial score (nSPS) is 11.8. The van der Waals surface area contributed by atoms with E-state index >= 15 is 0 Å². The highest BCUT2D eigenvalue weighted by Gasteiger charge is 2.36. The van der Waals surface area contributed by atoms with Crippen LogP contribution < -0.4 is 5.32 Å². The van der Waals surface area contributed by atoms with Gasteiger partial charge in [-0.3, -0.25) is 0 Å². The molecule has 0 spiro atoms. The van der Waals surface area contributed by atoms with Crippen molar-refractivity contribution >= 4 is 16.7 Å². The highest BCUT2D eigenvalue weighted by Crippen LogP contribution is 2.28. The lowest BCUT2D eigenvalue weighted by Crippen LogP contribution is -2.07. The van der Waals surface area contributed by atoms with Crippen LogP contribution in [-0.4, -0.2) is 14.3 Å². The Balaban J connectivity index is 1.98. The number of nitrogens with zero attached hydrogens (tertiary/aromatic N) is 3. The first-order valence-corrected chi connectivity index (χ1v) is 5.28. The molecule has 0 aromatic carbocycles. The van der Waals surface area contributed by atoms with E-state index in [0.717, 1.165) is 0 Å². The van der Waals surface area contributed by atoms with Gasteiger partial charge in [0, 0.05) is 11.5 Å². The van der Waals surface area contributed by atoms with Gasteiger partial charge in [0.15, 0.2) is 0 Å². The summed E-state index contributed by atoms with van der Waals surface area (Å²) >= 11 is 0.641. The predicted molar refractivity (Wildman–Crippen MR) is 53.5 cm³/mol. The van der Waals surface area contributed by atoms with Crippen LogP contribution in [0.2, 0.25) is 0 Å². The van der Waals surface area contributed by atoms with Crippen molar-refractivity contribution in [3.8, 4) is 0 Å². The lowest BCUT2D eigenvalue weighted by Gasteiger charge is -1.99. The number of aryl methyl sites for hydroxylation is 1. The molecule has 5 nitrogen and oxygen atoms in total. The molecule has 0 saturated heterocycles. The second-order valence-corrected chi connectivity index (χ2v) is 3.89. The van der Waals surface area contributed by atoms with E-state index < -0.39 is 12.0 Å². The lowest BCUT2D eigenvalue weighted by atomic mass is 10.6. The molecular weight excluding hydrogens is 257 g/mol. The van der Waals surface area contributed by atoms with Crippen molar-refractivity contribution in [2.45, 2.75) is 19.6 Å². The Bertz CT molecular complexity index is 507. The van der Waals surface area contributed by atoms with Crippen molar-refractivity contribution in [1.29, 1.82) is 0 Å². The second kappa shape index (κ2) is 4.32. The summed E-state index contributed by atoms with van der Waals surface area (Å²) < 4.78 is 44.9. The van der Waals surface area contributed by atoms with Crippen LogP contribution in [0.3, 0.4) is 0 Å². The minimum atomic E-state index is -4.52. The molecule has 0 unspecified atom stereocenters. The number of alkyl halides is 3. The minimum Gasteiger partial charge on any atom is -0.444 e. The number of rotatable bonds is 3. The Morgan fingerprint density at radius 2 is 2.24 bits per heavy atom. The van der Waals surface area contributed by atoms with E-state index in [9.17, 15) is 13.2 Å². The lowest BCUT2D eigenvalue weighted by molar-refractivity contribution is -0.144. The topological polar surface area (TPSA) is 63.8 Å². The van der Waals surface area contributed by atoms with Crippen LogP contribution in [0.15, 0.2) is 10.6 Å². The zero-order valence-electron chi connectivity index (χ0n) is 8.58. The maximum Gasteiger partial charge on any atom is 0.452 e. The summed E-state index contributed by atoms with van der Waals surface area (Å²) in [7, 11) is 0. The van der Waals surface area contributed by atoms with Gasteiger partial charge in [-0.25, -0.2) is 4.98 Å². The van der Waals surface area contributed by atoms with Crippen LogP contribution in [-0.2, 0) is 12.7 Å². The molecule has 0 aliphatic carbocycles. The Morgan fingerprint density at radius 1 is 1.47 bits per heavy atom. The number of hydrogen-bond donors (Lipinski definition) is 1. The molecule has 0 saturated carbocycles. The molecule has 2 heterocycles. The molecule has 0 aliphatic rings. The molecule has 2 rings (SSSR count). The first-order chi connectivity index (χ1) is 7.95. The van der Waals surface area contributed by atoms with Crippen molar-refractivity contribution in [3.63, 3.8) is 0 Å². The number of hydrogen-bond acceptors (Lipinski definition) is 6. The maximum atomic E-state index is 12.2. The van der Waals surface area contributed by atoms with Gasteiger partial charge in [0.1, 0.15) is 5.76 Å². The summed E-state index contributed by atoms with van der Waals surface area (Å²) in [4.78, 5) is 7.20. The van der Waals surface area contributed by atoms with Gasteiger partial charge in [-0.15, -0.1) is 0 Å². The summed E-state index contributed by atoms with van der Waals surface area (Å²) in [6.45, 7) is 1.89. The number of halogens is 3. The first-order valence-electron chi connectivity index (χ1n) is 4.51. The smallest absolute Gasteiger partial charge is 0.444 e.